The second-order valence-corrected chi connectivity index (χ2v) is 6.09. The molecule has 1 aliphatic carbocycles. The number of nitrogens with zero attached hydrogens (tertiary/aromatic N) is 1. The van der Waals surface area contributed by atoms with Crippen molar-refractivity contribution >= 4 is 0 Å². The third-order valence-corrected chi connectivity index (χ3v) is 5.08. The van der Waals surface area contributed by atoms with Crippen LogP contribution in [0.3, 0.4) is 0 Å². The Bertz CT molecular complexity index is 203. The molecule has 1 saturated heterocycles. The van der Waals surface area contributed by atoms with Gasteiger partial charge in [-0.25, -0.2) is 0 Å². The van der Waals surface area contributed by atoms with Crippen LogP contribution >= 0.6 is 0 Å². The van der Waals surface area contributed by atoms with Crippen molar-refractivity contribution in [1.29, 1.82) is 0 Å². The Morgan fingerprint density at radius 3 is 2.29 bits per heavy atom. The van der Waals surface area contributed by atoms with E-state index in [1.165, 1.54) is 64.6 Å². The van der Waals surface area contributed by atoms with E-state index in [1.54, 1.807) is 0 Å². The zero-order chi connectivity index (χ0) is 12.1. The van der Waals surface area contributed by atoms with Crippen LogP contribution in [0, 0.1) is 11.8 Å². The molecule has 0 radical (unpaired) electrons. The molecule has 0 aromatic heterocycles. The summed E-state index contributed by atoms with van der Waals surface area (Å²) >= 11 is 0. The molecule has 2 fully saturated rings. The highest BCUT2D eigenvalue weighted by molar-refractivity contribution is 4.83. The van der Waals surface area contributed by atoms with Gasteiger partial charge < -0.3 is 10.2 Å². The summed E-state index contributed by atoms with van der Waals surface area (Å²) in [6.07, 6.45) is 10.1. The Labute approximate surface area is 107 Å². The highest BCUT2D eigenvalue weighted by atomic mass is 15.2. The predicted molar refractivity (Wildman–Crippen MR) is 74.3 cm³/mol. The monoisotopic (exact) mass is 238 g/mol. The third-order valence-electron chi connectivity index (χ3n) is 5.08. The van der Waals surface area contributed by atoms with E-state index in [4.69, 9.17) is 0 Å². The van der Waals surface area contributed by atoms with E-state index < -0.39 is 0 Å². The number of likely N-dealkylation sites (tertiary alicyclic amines) is 1. The zero-order valence-corrected chi connectivity index (χ0v) is 11.8. The number of piperidine rings is 1. The minimum atomic E-state index is 0.746. The lowest BCUT2D eigenvalue weighted by Gasteiger charge is -2.35. The molecule has 2 heteroatoms. The lowest BCUT2D eigenvalue weighted by atomic mass is 9.92. The molecular weight excluding hydrogens is 208 g/mol. The van der Waals surface area contributed by atoms with Crippen LogP contribution in [-0.2, 0) is 0 Å². The summed E-state index contributed by atoms with van der Waals surface area (Å²) in [6, 6.07) is 0.746. The van der Waals surface area contributed by atoms with Gasteiger partial charge in [0.1, 0.15) is 0 Å². The van der Waals surface area contributed by atoms with Crippen LogP contribution in [0.2, 0.25) is 0 Å². The van der Waals surface area contributed by atoms with Crippen molar-refractivity contribution in [2.75, 3.05) is 26.7 Å². The van der Waals surface area contributed by atoms with Crippen molar-refractivity contribution in [3.8, 4) is 0 Å². The largest absolute Gasteiger partial charge is 0.315 e. The maximum absolute atomic E-state index is 3.57. The smallest absolute Gasteiger partial charge is 0.0220 e. The van der Waals surface area contributed by atoms with Crippen molar-refractivity contribution in [1.82, 2.24) is 10.2 Å². The Morgan fingerprint density at radius 2 is 1.76 bits per heavy atom. The summed E-state index contributed by atoms with van der Waals surface area (Å²) in [5, 5.41) is 3.57. The van der Waals surface area contributed by atoms with Gasteiger partial charge in [-0.15, -0.1) is 0 Å². The minimum absolute atomic E-state index is 0.746. The molecule has 100 valence electrons. The molecule has 1 heterocycles. The van der Waals surface area contributed by atoms with Crippen LogP contribution in [0.5, 0.6) is 0 Å². The molecule has 2 nitrogen and oxygen atoms in total. The number of hydrogen-bond donors (Lipinski definition) is 1. The molecule has 1 aliphatic heterocycles. The van der Waals surface area contributed by atoms with E-state index >= 15 is 0 Å². The van der Waals surface area contributed by atoms with E-state index in [0.717, 1.165) is 17.9 Å². The molecular formula is C15H30N2. The van der Waals surface area contributed by atoms with Crippen LogP contribution in [0.25, 0.3) is 0 Å². The Hall–Kier alpha value is -0.0800. The Balaban J connectivity index is 1.75. The predicted octanol–water partition coefficient (Wildman–Crippen LogP) is 2.89. The fourth-order valence-electron chi connectivity index (χ4n) is 3.69. The van der Waals surface area contributed by atoms with E-state index in [2.05, 4.69) is 24.2 Å². The summed E-state index contributed by atoms with van der Waals surface area (Å²) in [6.45, 7) is 6.31. The van der Waals surface area contributed by atoms with Crippen molar-refractivity contribution in [3.05, 3.63) is 0 Å². The maximum atomic E-state index is 3.57. The molecule has 1 atom stereocenters. The molecule has 1 saturated carbocycles. The average molecular weight is 238 g/mol. The summed E-state index contributed by atoms with van der Waals surface area (Å²) in [4.78, 5) is 2.70. The van der Waals surface area contributed by atoms with Gasteiger partial charge in [0.15, 0.2) is 0 Å². The van der Waals surface area contributed by atoms with Gasteiger partial charge in [-0.3, -0.25) is 0 Å². The highest BCUT2D eigenvalue weighted by Crippen LogP contribution is 2.29. The molecule has 2 aliphatic rings. The molecule has 0 bridgehead atoms. The van der Waals surface area contributed by atoms with Gasteiger partial charge >= 0.3 is 0 Å². The lowest BCUT2D eigenvalue weighted by molar-refractivity contribution is 0.152. The second-order valence-electron chi connectivity index (χ2n) is 6.09. The number of rotatable bonds is 5. The first-order valence-corrected chi connectivity index (χ1v) is 7.73. The fourth-order valence-corrected chi connectivity index (χ4v) is 3.69. The molecule has 17 heavy (non-hydrogen) atoms. The quantitative estimate of drug-likeness (QED) is 0.792. The van der Waals surface area contributed by atoms with Gasteiger partial charge in [-0.2, -0.15) is 0 Å². The van der Waals surface area contributed by atoms with Crippen molar-refractivity contribution in [2.45, 2.75) is 57.9 Å². The minimum Gasteiger partial charge on any atom is -0.315 e. The summed E-state index contributed by atoms with van der Waals surface area (Å²) in [7, 11) is 2.15. The van der Waals surface area contributed by atoms with Gasteiger partial charge in [0.05, 0.1) is 0 Å². The van der Waals surface area contributed by atoms with E-state index in [1.807, 2.05) is 0 Å². The van der Waals surface area contributed by atoms with Crippen LogP contribution in [0.1, 0.15) is 51.9 Å². The number of likely N-dealkylation sites (N-methyl/N-ethyl adjacent to an activating group) is 1. The van der Waals surface area contributed by atoms with Crippen LogP contribution < -0.4 is 5.32 Å². The molecule has 2 rings (SSSR count). The number of hydrogen-bond acceptors (Lipinski definition) is 2. The Morgan fingerprint density at radius 1 is 1.12 bits per heavy atom. The average Bonchev–Trinajstić information content (AvgIpc) is 2.90. The Kier molecular flexibility index (Phi) is 5.30. The molecule has 1 N–H and O–H groups in total. The third kappa shape index (κ3) is 3.69. The van der Waals surface area contributed by atoms with Gasteiger partial charge in [0.2, 0.25) is 0 Å². The first kappa shape index (κ1) is 13.4. The first-order chi connectivity index (χ1) is 8.33. The molecule has 0 amide bonds. The topological polar surface area (TPSA) is 15.3 Å². The van der Waals surface area contributed by atoms with Gasteiger partial charge in [-0.1, -0.05) is 26.2 Å². The van der Waals surface area contributed by atoms with Crippen molar-refractivity contribution in [3.63, 3.8) is 0 Å². The zero-order valence-electron chi connectivity index (χ0n) is 11.8. The molecule has 0 aromatic carbocycles. The van der Waals surface area contributed by atoms with Crippen LogP contribution in [0.4, 0.5) is 0 Å². The van der Waals surface area contributed by atoms with Crippen molar-refractivity contribution in [2.24, 2.45) is 11.8 Å². The van der Waals surface area contributed by atoms with Crippen molar-refractivity contribution < 1.29 is 0 Å². The molecule has 0 aromatic rings. The SMILES string of the molecule is CCC1CCN(CC(NC)C2CCCC2)CC1. The maximum Gasteiger partial charge on any atom is 0.0220 e. The normalized spacial score (nSPS) is 26.5. The van der Waals surface area contributed by atoms with Crippen LogP contribution in [-0.4, -0.2) is 37.6 Å². The summed E-state index contributed by atoms with van der Waals surface area (Å²) in [5.41, 5.74) is 0. The second kappa shape index (κ2) is 6.75. The van der Waals surface area contributed by atoms with E-state index in [-0.39, 0.29) is 0 Å². The van der Waals surface area contributed by atoms with Gasteiger partial charge in [-0.05, 0) is 57.7 Å². The molecule has 1 unspecified atom stereocenters. The lowest BCUT2D eigenvalue weighted by Crippen LogP contribution is -2.46. The highest BCUT2D eigenvalue weighted by Gasteiger charge is 2.27. The fraction of sp³-hybridized carbons (Fsp3) is 1.00. The van der Waals surface area contributed by atoms with E-state index in [9.17, 15) is 0 Å². The first-order valence-electron chi connectivity index (χ1n) is 7.73. The molecule has 0 spiro atoms. The van der Waals surface area contributed by atoms with Crippen LogP contribution in [0.15, 0.2) is 0 Å². The van der Waals surface area contributed by atoms with Gasteiger partial charge in [0, 0.05) is 12.6 Å². The number of nitrogens with one attached hydrogen (secondary N) is 1. The van der Waals surface area contributed by atoms with E-state index in [0.29, 0.717) is 0 Å². The van der Waals surface area contributed by atoms with Gasteiger partial charge in [0.25, 0.3) is 0 Å². The standard InChI is InChI=1S/C15H30N2/c1-3-13-8-10-17(11-9-13)12-15(16-2)14-6-4-5-7-14/h13-16H,3-12H2,1-2H3. The summed E-state index contributed by atoms with van der Waals surface area (Å²) in [5.74, 6) is 1.95. The summed E-state index contributed by atoms with van der Waals surface area (Å²) < 4.78 is 0.